The van der Waals surface area contributed by atoms with E-state index in [1.165, 1.54) is 25.7 Å². The Bertz CT molecular complexity index is 602. The minimum atomic E-state index is 0.278. The van der Waals surface area contributed by atoms with Crippen molar-refractivity contribution in [3.05, 3.63) is 11.6 Å². The van der Waals surface area contributed by atoms with Crippen molar-refractivity contribution in [2.24, 2.45) is 12.8 Å². The standard InChI is InChI=1S/C17H28N6O/c1-21-15(19-20-17(21)12-8-13(18)9-12)10-22-6-7-23(16(24)11-22)14-4-2-3-5-14/h12-14H,2-11,18H2,1H3. The van der Waals surface area contributed by atoms with Gasteiger partial charge >= 0.3 is 0 Å². The molecule has 3 fully saturated rings. The second kappa shape index (κ2) is 6.44. The number of carbonyl (C=O) groups excluding carboxylic acids is 1. The zero-order valence-electron chi connectivity index (χ0n) is 14.5. The van der Waals surface area contributed by atoms with Crippen LogP contribution in [0.25, 0.3) is 0 Å². The number of amides is 1. The van der Waals surface area contributed by atoms with Crippen LogP contribution in [0.3, 0.4) is 0 Å². The van der Waals surface area contributed by atoms with E-state index in [9.17, 15) is 4.79 Å². The molecule has 0 bridgehead atoms. The molecular formula is C17H28N6O. The molecule has 132 valence electrons. The number of hydrogen-bond acceptors (Lipinski definition) is 5. The lowest BCUT2D eigenvalue weighted by Crippen LogP contribution is -2.53. The monoisotopic (exact) mass is 332 g/mol. The first kappa shape index (κ1) is 16.0. The van der Waals surface area contributed by atoms with Crippen LogP contribution in [0.15, 0.2) is 0 Å². The van der Waals surface area contributed by atoms with E-state index >= 15 is 0 Å². The van der Waals surface area contributed by atoms with Gasteiger partial charge in [0.05, 0.1) is 13.1 Å². The summed E-state index contributed by atoms with van der Waals surface area (Å²) in [7, 11) is 2.03. The first-order chi connectivity index (χ1) is 11.6. The highest BCUT2D eigenvalue weighted by Crippen LogP contribution is 2.34. The summed E-state index contributed by atoms with van der Waals surface area (Å²) in [5.74, 6) is 2.72. The molecule has 0 atom stereocenters. The lowest BCUT2D eigenvalue weighted by molar-refractivity contribution is -0.138. The molecular weight excluding hydrogens is 304 g/mol. The van der Waals surface area contributed by atoms with E-state index in [1.807, 2.05) is 7.05 Å². The van der Waals surface area contributed by atoms with Crippen LogP contribution < -0.4 is 5.73 Å². The minimum Gasteiger partial charge on any atom is -0.337 e. The second-order valence-corrected chi connectivity index (χ2v) is 7.70. The second-order valence-electron chi connectivity index (χ2n) is 7.70. The summed E-state index contributed by atoms with van der Waals surface area (Å²) in [6.45, 7) is 2.99. The smallest absolute Gasteiger partial charge is 0.237 e. The molecule has 1 saturated heterocycles. The van der Waals surface area contributed by atoms with E-state index in [4.69, 9.17) is 5.73 Å². The van der Waals surface area contributed by atoms with Crippen molar-refractivity contribution in [2.75, 3.05) is 19.6 Å². The largest absolute Gasteiger partial charge is 0.337 e. The molecule has 1 aromatic rings. The highest BCUT2D eigenvalue weighted by atomic mass is 16.2. The Kier molecular flexibility index (Phi) is 4.30. The predicted octanol–water partition coefficient (Wildman–Crippen LogP) is 0.607. The van der Waals surface area contributed by atoms with Crippen LogP contribution in [0.4, 0.5) is 0 Å². The van der Waals surface area contributed by atoms with Crippen molar-refractivity contribution in [1.29, 1.82) is 0 Å². The Hall–Kier alpha value is -1.47. The van der Waals surface area contributed by atoms with E-state index in [0.717, 1.165) is 37.6 Å². The summed E-state index contributed by atoms with van der Waals surface area (Å²) in [6, 6.07) is 0.806. The fraction of sp³-hybridized carbons (Fsp3) is 0.824. The molecule has 1 aromatic heterocycles. The molecule has 3 aliphatic rings. The van der Waals surface area contributed by atoms with Gasteiger partial charge in [0.15, 0.2) is 0 Å². The van der Waals surface area contributed by atoms with Gasteiger partial charge < -0.3 is 15.2 Å². The van der Waals surface area contributed by atoms with E-state index < -0.39 is 0 Å². The zero-order chi connectivity index (χ0) is 16.7. The van der Waals surface area contributed by atoms with Gasteiger partial charge in [-0.25, -0.2) is 0 Å². The molecule has 0 radical (unpaired) electrons. The maximum Gasteiger partial charge on any atom is 0.237 e. The van der Waals surface area contributed by atoms with Gasteiger partial charge in [-0.15, -0.1) is 10.2 Å². The Morgan fingerprint density at radius 2 is 1.92 bits per heavy atom. The summed E-state index contributed by atoms with van der Waals surface area (Å²) in [6.07, 6.45) is 6.91. The van der Waals surface area contributed by atoms with Crippen molar-refractivity contribution in [3.8, 4) is 0 Å². The van der Waals surface area contributed by atoms with Gasteiger partial charge in [-0.1, -0.05) is 12.8 Å². The number of nitrogens with zero attached hydrogens (tertiary/aromatic N) is 5. The van der Waals surface area contributed by atoms with Crippen molar-refractivity contribution in [3.63, 3.8) is 0 Å². The molecule has 4 rings (SSSR count). The van der Waals surface area contributed by atoms with Gasteiger partial charge in [-0.05, 0) is 25.7 Å². The fourth-order valence-electron chi connectivity index (χ4n) is 4.41. The van der Waals surface area contributed by atoms with Crippen LogP contribution >= 0.6 is 0 Å². The lowest BCUT2D eigenvalue weighted by atomic mass is 9.80. The highest BCUT2D eigenvalue weighted by molar-refractivity contribution is 5.79. The van der Waals surface area contributed by atoms with Gasteiger partial charge in [0.1, 0.15) is 11.6 Å². The average molecular weight is 332 g/mol. The summed E-state index contributed by atoms with van der Waals surface area (Å²) in [4.78, 5) is 16.8. The van der Waals surface area contributed by atoms with Crippen molar-refractivity contribution in [2.45, 2.75) is 63.1 Å². The Labute approximate surface area is 143 Å². The third-order valence-electron chi connectivity index (χ3n) is 6.01. The molecule has 0 aromatic carbocycles. The maximum atomic E-state index is 12.5. The Morgan fingerprint density at radius 3 is 2.58 bits per heavy atom. The van der Waals surface area contributed by atoms with Gasteiger partial charge in [0.25, 0.3) is 0 Å². The zero-order valence-corrected chi connectivity index (χ0v) is 14.5. The SMILES string of the molecule is Cn1c(CN2CCN(C3CCCC3)C(=O)C2)nnc1C1CC(N)C1. The first-order valence-corrected chi connectivity index (χ1v) is 9.27. The van der Waals surface area contributed by atoms with E-state index in [2.05, 4.69) is 24.6 Å². The third-order valence-corrected chi connectivity index (χ3v) is 6.01. The van der Waals surface area contributed by atoms with Crippen LogP contribution in [0, 0.1) is 0 Å². The molecule has 0 unspecified atom stereocenters. The predicted molar refractivity (Wildman–Crippen MR) is 90.2 cm³/mol. The van der Waals surface area contributed by atoms with Crippen LogP contribution in [0.5, 0.6) is 0 Å². The normalized spacial score (nSPS) is 29.2. The molecule has 24 heavy (non-hydrogen) atoms. The number of piperazine rings is 1. The molecule has 2 N–H and O–H groups in total. The number of hydrogen-bond donors (Lipinski definition) is 1. The molecule has 2 saturated carbocycles. The highest BCUT2D eigenvalue weighted by Gasteiger charge is 2.33. The van der Waals surface area contributed by atoms with Crippen molar-refractivity contribution in [1.82, 2.24) is 24.6 Å². The summed E-state index contributed by atoms with van der Waals surface area (Å²) in [5.41, 5.74) is 5.88. The third kappa shape index (κ3) is 2.95. The quantitative estimate of drug-likeness (QED) is 0.874. The molecule has 1 aliphatic heterocycles. The molecule has 7 nitrogen and oxygen atoms in total. The van der Waals surface area contributed by atoms with Gasteiger partial charge in [-0.2, -0.15) is 0 Å². The van der Waals surface area contributed by atoms with Crippen LogP contribution in [0.1, 0.15) is 56.1 Å². The van der Waals surface area contributed by atoms with E-state index in [-0.39, 0.29) is 5.91 Å². The lowest BCUT2D eigenvalue weighted by Gasteiger charge is -2.37. The molecule has 1 amide bonds. The number of carbonyl (C=O) groups is 1. The average Bonchev–Trinajstić information content (AvgIpc) is 3.16. The molecule has 2 aliphatic carbocycles. The fourth-order valence-corrected chi connectivity index (χ4v) is 4.41. The minimum absolute atomic E-state index is 0.278. The molecule has 0 spiro atoms. The van der Waals surface area contributed by atoms with Gasteiger partial charge in [0.2, 0.25) is 5.91 Å². The topological polar surface area (TPSA) is 80.3 Å². The molecule has 7 heteroatoms. The Morgan fingerprint density at radius 1 is 1.17 bits per heavy atom. The van der Waals surface area contributed by atoms with Crippen LogP contribution in [0.2, 0.25) is 0 Å². The first-order valence-electron chi connectivity index (χ1n) is 9.27. The van der Waals surface area contributed by atoms with Crippen LogP contribution in [-0.4, -0.2) is 62.2 Å². The van der Waals surface area contributed by atoms with Crippen LogP contribution in [-0.2, 0) is 18.4 Å². The van der Waals surface area contributed by atoms with Gasteiger partial charge in [-0.3, -0.25) is 9.69 Å². The Balaban J connectivity index is 1.36. The summed E-state index contributed by atoms with van der Waals surface area (Å²) < 4.78 is 2.10. The summed E-state index contributed by atoms with van der Waals surface area (Å²) >= 11 is 0. The molecule has 2 heterocycles. The van der Waals surface area contributed by atoms with Crippen molar-refractivity contribution < 1.29 is 4.79 Å². The summed E-state index contributed by atoms with van der Waals surface area (Å²) in [5, 5.41) is 8.73. The maximum absolute atomic E-state index is 12.5. The van der Waals surface area contributed by atoms with E-state index in [1.54, 1.807) is 0 Å². The van der Waals surface area contributed by atoms with E-state index in [0.29, 0.717) is 31.1 Å². The number of nitrogens with two attached hydrogens (primary N) is 1. The number of aromatic nitrogens is 3. The van der Waals surface area contributed by atoms with Gasteiger partial charge in [0, 0.05) is 38.1 Å². The number of rotatable bonds is 4. The van der Waals surface area contributed by atoms with Crippen molar-refractivity contribution >= 4 is 5.91 Å².